The number of nitrogens with zero attached hydrogens (tertiary/aromatic N) is 2. The molecular weight excluding hydrogens is 311 g/mol. The molecule has 23 heavy (non-hydrogen) atoms. The Morgan fingerprint density at radius 2 is 1.87 bits per heavy atom. The number of hydrogen-bond donors (Lipinski definition) is 0. The highest BCUT2D eigenvalue weighted by molar-refractivity contribution is 7.98. The molecule has 116 valence electrons. The van der Waals surface area contributed by atoms with Crippen molar-refractivity contribution >= 4 is 11.8 Å². The predicted molar refractivity (Wildman–Crippen MR) is 90.5 cm³/mol. The molecular formula is C18H15FN2OS. The number of halogens is 1. The van der Waals surface area contributed by atoms with Crippen LogP contribution in [0, 0.1) is 12.7 Å². The molecule has 0 radical (unpaired) electrons. The van der Waals surface area contributed by atoms with E-state index in [2.05, 4.69) is 4.98 Å². The Labute approximate surface area is 137 Å². The second kappa shape index (κ2) is 6.79. The van der Waals surface area contributed by atoms with E-state index in [4.69, 9.17) is 0 Å². The molecule has 2 aromatic carbocycles. The molecule has 3 rings (SSSR count). The average molecular weight is 326 g/mol. The maximum absolute atomic E-state index is 13.7. The summed E-state index contributed by atoms with van der Waals surface area (Å²) in [5.74, 6) is 0.0992. The van der Waals surface area contributed by atoms with Crippen LogP contribution in [0.25, 0.3) is 5.69 Å². The summed E-state index contributed by atoms with van der Waals surface area (Å²) in [5, 5.41) is 0.358. The summed E-state index contributed by atoms with van der Waals surface area (Å²) in [6.07, 6.45) is 3.23. The van der Waals surface area contributed by atoms with Crippen molar-refractivity contribution in [1.29, 1.82) is 0 Å². The first-order valence-electron chi connectivity index (χ1n) is 7.16. The molecule has 0 saturated heterocycles. The summed E-state index contributed by atoms with van der Waals surface area (Å²) in [7, 11) is 0. The number of rotatable bonds is 4. The van der Waals surface area contributed by atoms with Crippen LogP contribution in [0.1, 0.15) is 11.1 Å². The zero-order chi connectivity index (χ0) is 16.2. The maximum atomic E-state index is 13.7. The highest BCUT2D eigenvalue weighted by Crippen LogP contribution is 2.20. The molecule has 0 aliphatic heterocycles. The van der Waals surface area contributed by atoms with Gasteiger partial charge in [0.1, 0.15) is 5.82 Å². The van der Waals surface area contributed by atoms with Gasteiger partial charge in [0.2, 0.25) is 0 Å². The SMILES string of the molecule is Cc1ccc(-n2ccnc(SCc3ccccc3F)c2=O)cc1. The summed E-state index contributed by atoms with van der Waals surface area (Å²) >= 11 is 1.24. The summed E-state index contributed by atoms with van der Waals surface area (Å²) in [6.45, 7) is 1.99. The van der Waals surface area contributed by atoms with Gasteiger partial charge in [0.15, 0.2) is 5.03 Å². The van der Waals surface area contributed by atoms with Gasteiger partial charge in [-0.1, -0.05) is 47.7 Å². The van der Waals surface area contributed by atoms with Crippen LogP contribution < -0.4 is 5.56 Å². The monoisotopic (exact) mass is 326 g/mol. The van der Waals surface area contributed by atoms with Crippen LogP contribution in [-0.4, -0.2) is 9.55 Å². The first-order valence-corrected chi connectivity index (χ1v) is 8.14. The molecule has 0 bridgehead atoms. The Kier molecular flexibility index (Phi) is 4.57. The molecule has 0 saturated carbocycles. The van der Waals surface area contributed by atoms with Crippen LogP contribution in [-0.2, 0) is 5.75 Å². The summed E-state index contributed by atoms with van der Waals surface area (Å²) in [6, 6.07) is 14.2. The van der Waals surface area contributed by atoms with Crippen molar-refractivity contribution in [3.05, 3.63) is 88.2 Å². The molecule has 3 aromatic rings. The highest BCUT2D eigenvalue weighted by atomic mass is 32.2. The van der Waals surface area contributed by atoms with Crippen molar-refractivity contribution in [1.82, 2.24) is 9.55 Å². The quantitative estimate of drug-likeness (QED) is 0.680. The number of aromatic nitrogens is 2. The third-order valence-electron chi connectivity index (χ3n) is 3.44. The van der Waals surface area contributed by atoms with Crippen LogP contribution in [0.3, 0.4) is 0 Å². The minimum atomic E-state index is -0.269. The smallest absolute Gasteiger partial charge is 0.280 e. The van der Waals surface area contributed by atoms with E-state index in [1.54, 1.807) is 35.2 Å². The van der Waals surface area contributed by atoms with Crippen LogP contribution in [0.5, 0.6) is 0 Å². The first-order chi connectivity index (χ1) is 11.1. The largest absolute Gasteiger partial charge is 0.287 e. The second-order valence-electron chi connectivity index (χ2n) is 5.12. The molecule has 0 amide bonds. The van der Waals surface area contributed by atoms with Gasteiger partial charge in [-0.2, -0.15) is 0 Å². The Morgan fingerprint density at radius 3 is 2.61 bits per heavy atom. The standard InChI is InChI=1S/C18H15FN2OS/c1-13-6-8-15(9-7-13)21-11-10-20-17(18(21)22)23-12-14-4-2-3-5-16(14)19/h2-11H,12H2,1H3. The van der Waals surface area contributed by atoms with Gasteiger partial charge in [-0.15, -0.1) is 0 Å². The average Bonchev–Trinajstić information content (AvgIpc) is 2.56. The normalized spacial score (nSPS) is 10.7. The third-order valence-corrected chi connectivity index (χ3v) is 4.45. The van der Waals surface area contributed by atoms with E-state index >= 15 is 0 Å². The molecule has 1 heterocycles. The van der Waals surface area contributed by atoms with Crippen molar-refractivity contribution in [2.24, 2.45) is 0 Å². The number of thioether (sulfide) groups is 1. The molecule has 0 aliphatic rings. The number of hydrogen-bond acceptors (Lipinski definition) is 3. The highest BCUT2D eigenvalue weighted by Gasteiger charge is 2.09. The summed E-state index contributed by atoms with van der Waals surface area (Å²) in [4.78, 5) is 16.7. The van der Waals surface area contributed by atoms with Crippen LogP contribution in [0.15, 0.2) is 70.7 Å². The fourth-order valence-corrected chi connectivity index (χ4v) is 3.05. The second-order valence-corrected chi connectivity index (χ2v) is 6.09. The molecule has 0 fully saturated rings. The summed E-state index contributed by atoms with van der Waals surface area (Å²) in [5.41, 5.74) is 2.28. The lowest BCUT2D eigenvalue weighted by atomic mass is 10.2. The zero-order valence-electron chi connectivity index (χ0n) is 12.6. The molecule has 1 aromatic heterocycles. The molecule has 3 nitrogen and oxygen atoms in total. The summed E-state index contributed by atoms with van der Waals surface area (Å²) < 4.78 is 15.2. The van der Waals surface area contributed by atoms with Gasteiger partial charge in [-0.25, -0.2) is 9.37 Å². The minimum Gasteiger partial charge on any atom is -0.280 e. The van der Waals surface area contributed by atoms with Crippen LogP contribution in [0.4, 0.5) is 4.39 Å². The Hall–Kier alpha value is -2.40. The van der Waals surface area contributed by atoms with E-state index in [1.165, 1.54) is 17.8 Å². The van der Waals surface area contributed by atoms with Crippen molar-refractivity contribution in [2.45, 2.75) is 17.7 Å². The topological polar surface area (TPSA) is 34.9 Å². The minimum absolute atomic E-state index is 0.197. The number of aryl methyl sites for hydroxylation is 1. The van der Waals surface area contributed by atoms with Crippen molar-refractivity contribution in [2.75, 3.05) is 0 Å². The lowest BCUT2D eigenvalue weighted by Gasteiger charge is -2.08. The van der Waals surface area contributed by atoms with Gasteiger partial charge in [-0.05, 0) is 30.7 Å². The van der Waals surface area contributed by atoms with Crippen molar-refractivity contribution in [3.63, 3.8) is 0 Å². The van der Waals surface area contributed by atoms with E-state index < -0.39 is 0 Å². The fraction of sp³-hybridized carbons (Fsp3) is 0.111. The Bertz CT molecular complexity index is 875. The van der Waals surface area contributed by atoms with E-state index in [0.717, 1.165) is 11.3 Å². The predicted octanol–water partition coefficient (Wildman–Crippen LogP) is 3.97. The molecule has 0 unspecified atom stereocenters. The van der Waals surface area contributed by atoms with E-state index in [0.29, 0.717) is 16.3 Å². The molecule has 0 atom stereocenters. The van der Waals surface area contributed by atoms with Crippen LogP contribution in [0.2, 0.25) is 0 Å². The zero-order valence-corrected chi connectivity index (χ0v) is 13.4. The van der Waals surface area contributed by atoms with Gasteiger partial charge in [0.05, 0.1) is 0 Å². The van der Waals surface area contributed by atoms with Gasteiger partial charge >= 0.3 is 0 Å². The van der Waals surface area contributed by atoms with Gasteiger partial charge < -0.3 is 0 Å². The molecule has 0 N–H and O–H groups in total. The molecule has 0 aliphatic carbocycles. The lowest BCUT2D eigenvalue weighted by molar-refractivity contribution is 0.617. The molecule has 0 spiro atoms. The van der Waals surface area contributed by atoms with Crippen molar-refractivity contribution in [3.8, 4) is 5.69 Å². The van der Waals surface area contributed by atoms with Gasteiger partial charge in [0.25, 0.3) is 5.56 Å². The fourth-order valence-electron chi connectivity index (χ4n) is 2.16. The lowest BCUT2D eigenvalue weighted by Crippen LogP contribution is -2.20. The van der Waals surface area contributed by atoms with Gasteiger partial charge in [-0.3, -0.25) is 9.36 Å². The maximum Gasteiger partial charge on any atom is 0.287 e. The van der Waals surface area contributed by atoms with Crippen LogP contribution >= 0.6 is 11.8 Å². The van der Waals surface area contributed by atoms with E-state index in [9.17, 15) is 9.18 Å². The Balaban J connectivity index is 1.87. The molecule has 5 heteroatoms. The van der Waals surface area contributed by atoms with Crippen molar-refractivity contribution < 1.29 is 4.39 Å². The first kappa shape index (κ1) is 15.5. The third kappa shape index (κ3) is 3.51. The van der Waals surface area contributed by atoms with Gasteiger partial charge in [0, 0.05) is 23.8 Å². The van der Waals surface area contributed by atoms with E-state index in [-0.39, 0.29) is 11.4 Å². The number of benzene rings is 2. The Morgan fingerprint density at radius 1 is 1.13 bits per heavy atom. The van der Waals surface area contributed by atoms with E-state index in [1.807, 2.05) is 31.2 Å².